The maximum absolute atomic E-state index is 13.0. The minimum atomic E-state index is -4.65. The fourth-order valence-electron chi connectivity index (χ4n) is 3.05. The normalized spacial score (nSPS) is 15.0. The van der Waals surface area contributed by atoms with Gasteiger partial charge in [-0.2, -0.15) is 13.2 Å². The molecule has 2 aromatic rings. The van der Waals surface area contributed by atoms with E-state index in [0.717, 1.165) is 12.1 Å². The van der Waals surface area contributed by atoms with Gasteiger partial charge in [0, 0.05) is 0 Å². The lowest BCUT2D eigenvalue weighted by molar-refractivity contribution is -0.137. The van der Waals surface area contributed by atoms with E-state index in [-0.39, 0.29) is 39.5 Å². The molecule has 3 rings (SSSR count). The van der Waals surface area contributed by atoms with E-state index in [1.54, 1.807) is 6.92 Å². The van der Waals surface area contributed by atoms with Gasteiger partial charge in [0.1, 0.15) is 12.3 Å². The van der Waals surface area contributed by atoms with Crippen molar-refractivity contribution in [1.82, 2.24) is 4.90 Å². The Morgan fingerprint density at radius 1 is 1.23 bits per heavy atom. The Bertz CT molecular complexity index is 1220. The van der Waals surface area contributed by atoms with Crippen LogP contribution in [0.1, 0.15) is 18.1 Å². The number of carbonyl (C=O) groups is 3. The van der Waals surface area contributed by atoms with E-state index in [0.29, 0.717) is 28.3 Å². The Morgan fingerprint density at radius 3 is 2.57 bits per heavy atom. The number of phenols is 1. The van der Waals surface area contributed by atoms with E-state index in [2.05, 4.69) is 5.32 Å². The van der Waals surface area contributed by atoms with Gasteiger partial charge in [0.15, 0.2) is 11.5 Å². The lowest BCUT2D eigenvalue weighted by Gasteiger charge is -2.16. The Labute approximate surface area is 206 Å². The second-order valence-corrected chi connectivity index (χ2v) is 8.41. The van der Waals surface area contributed by atoms with Crippen molar-refractivity contribution in [1.29, 1.82) is 0 Å². The second-order valence-electron chi connectivity index (χ2n) is 7.01. The van der Waals surface area contributed by atoms with Crippen LogP contribution in [0, 0.1) is 0 Å². The first-order valence-electron chi connectivity index (χ1n) is 9.90. The molecule has 2 aromatic carbocycles. The van der Waals surface area contributed by atoms with Gasteiger partial charge in [0.25, 0.3) is 11.1 Å². The summed E-state index contributed by atoms with van der Waals surface area (Å²) in [5, 5.41) is 11.4. The van der Waals surface area contributed by atoms with Crippen molar-refractivity contribution in [2.45, 2.75) is 13.1 Å². The number of amides is 3. The SMILES string of the molecule is CCOc1cc(/C=C2\SC(=O)N(CC(=O)Nc3cc(C(F)(F)F)ccc3OC)C2=O)cc(Cl)c1O. The third kappa shape index (κ3) is 6.01. The van der Waals surface area contributed by atoms with Gasteiger partial charge in [-0.15, -0.1) is 0 Å². The molecular formula is C22H18ClF3N2O6S. The van der Waals surface area contributed by atoms with Crippen molar-refractivity contribution in [2.24, 2.45) is 0 Å². The van der Waals surface area contributed by atoms with Crippen molar-refractivity contribution >= 4 is 52.2 Å². The van der Waals surface area contributed by atoms with Crippen molar-refractivity contribution < 1.29 is 42.1 Å². The molecule has 13 heteroatoms. The van der Waals surface area contributed by atoms with Gasteiger partial charge in [-0.3, -0.25) is 19.3 Å². The molecule has 1 fully saturated rings. The van der Waals surface area contributed by atoms with Crippen LogP contribution >= 0.6 is 23.4 Å². The summed E-state index contributed by atoms with van der Waals surface area (Å²) in [4.78, 5) is 38.2. The molecule has 1 heterocycles. The van der Waals surface area contributed by atoms with Crippen LogP contribution < -0.4 is 14.8 Å². The van der Waals surface area contributed by atoms with E-state index in [9.17, 15) is 32.7 Å². The van der Waals surface area contributed by atoms with E-state index in [4.69, 9.17) is 21.1 Å². The number of rotatable bonds is 7. The predicted octanol–water partition coefficient (Wildman–Crippen LogP) is 5.15. The van der Waals surface area contributed by atoms with Crippen LogP contribution in [0.4, 0.5) is 23.7 Å². The number of nitrogens with zero attached hydrogens (tertiary/aromatic N) is 1. The molecule has 35 heavy (non-hydrogen) atoms. The minimum Gasteiger partial charge on any atom is -0.503 e. The van der Waals surface area contributed by atoms with Gasteiger partial charge < -0.3 is 19.9 Å². The zero-order valence-corrected chi connectivity index (χ0v) is 19.8. The zero-order chi connectivity index (χ0) is 25.9. The van der Waals surface area contributed by atoms with Crippen molar-refractivity contribution in [2.75, 3.05) is 25.6 Å². The average Bonchev–Trinajstić information content (AvgIpc) is 3.03. The van der Waals surface area contributed by atoms with Crippen LogP contribution in [0.5, 0.6) is 17.2 Å². The van der Waals surface area contributed by atoms with E-state index < -0.39 is 35.3 Å². The number of ether oxygens (including phenoxy) is 2. The monoisotopic (exact) mass is 530 g/mol. The molecule has 0 bridgehead atoms. The van der Waals surface area contributed by atoms with E-state index in [1.807, 2.05) is 0 Å². The Balaban J connectivity index is 1.78. The number of benzene rings is 2. The second kappa shape index (κ2) is 10.5. The quantitative estimate of drug-likeness (QED) is 0.477. The predicted molar refractivity (Wildman–Crippen MR) is 124 cm³/mol. The number of anilines is 1. The first-order chi connectivity index (χ1) is 16.4. The third-order valence-corrected chi connectivity index (χ3v) is 5.82. The van der Waals surface area contributed by atoms with Gasteiger partial charge in [0.05, 0.1) is 34.9 Å². The van der Waals surface area contributed by atoms with Gasteiger partial charge in [-0.1, -0.05) is 11.6 Å². The molecule has 0 spiro atoms. The molecule has 0 atom stereocenters. The number of nitrogens with one attached hydrogen (secondary N) is 1. The fraction of sp³-hybridized carbons (Fsp3) is 0.227. The summed E-state index contributed by atoms with van der Waals surface area (Å²) in [5.74, 6) is -1.92. The maximum atomic E-state index is 13.0. The smallest absolute Gasteiger partial charge is 0.416 e. The molecule has 0 saturated carbocycles. The van der Waals surface area contributed by atoms with Crippen molar-refractivity contribution in [3.8, 4) is 17.2 Å². The van der Waals surface area contributed by atoms with Crippen molar-refractivity contribution in [3.63, 3.8) is 0 Å². The molecule has 1 saturated heterocycles. The number of hydrogen-bond acceptors (Lipinski definition) is 7. The molecule has 2 N–H and O–H groups in total. The highest BCUT2D eigenvalue weighted by atomic mass is 35.5. The largest absolute Gasteiger partial charge is 0.503 e. The number of alkyl halides is 3. The van der Waals surface area contributed by atoms with Gasteiger partial charge >= 0.3 is 6.18 Å². The number of halogens is 4. The molecule has 186 valence electrons. The number of thioether (sulfide) groups is 1. The number of aromatic hydroxyl groups is 1. The highest BCUT2D eigenvalue weighted by Gasteiger charge is 2.37. The average molecular weight is 531 g/mol. The molecule has 8 nitrogen and oxygen atoms in total. The van der Waals surface area contributed by atoms with Gasteiger partial charge in [0.2, 0.25) is 5.91 Å². The number of carbonyl (C=O) groups excluding carboxylic acids is 3. The summed E-state index contributed by atoms with van der Waals surface area (Å²) >= 11 is 6.55. The maximum Gasteiger partial charge on any atom is 0.416 e. The summed E-state index contributed by atoms with van der Waals surface area (Å²) < 4.78 is 49.3. The molecule has 0 aliphatic carbocycles. The fourth-order valence-corrected chi connectivity index (χ4v) is 4.10. The summed E-state index contributed by atoms with van der Waals surface area (Å²) in [6, 6.07) is 5.31. The van der Waals surface area contributed by atoms with Gasteiger partial charge in [-0.25, -0.2) is 0 Å². The third-order valence-electron chi connectivity index (χ3n) is 4.62. The zero-order valence-electron chi connectivity index (χ0n) is 18.2. The number of methoxy groups -OCH3 is 1. The molecule has 0 aromatic heterocycles. The van der Waals surface area contributed by atoms with E-state index in [1.165, 1.54) is 25.3 Å². The molecule has 1 aliphatic heterocycles. The number of hydrogen-bond donors (Lipinski definition) is 2. The Hall–Kier alpha value is -3.38. The molecule has 1 aliphatic rings. The van der Waals surface area contributed by atoms with Crippen LogP contribution in [0.15, 0.2) is 35.2 Å². The topological polar surface area (TPSA) is 105 Å². The first-order valence-corrected chi connectivity index (χ1v) is 11.1. The lowest BCUT2D eigenvalue weighted by atomic mass is 10.1. The van der Waals surface area contributed by atoms with Crippen LogP contribution in [0.25, 0.3) is 6.08 Å². The summed E-state index contributed by atoms with van der Waals surface area (Å²) in [5.41, 5.74) is -0.918. The number of imide groups is 1. The van der Waals surface area contributed by atoms with Crippen LogP contribution in [0.3, 0.4) is 0 Å². The molecular weight excluding hydrogens is 513 g/mol. The Kier molecular flexibility index (Phi) is 7.86. The Morgan fingerprint density at radius 2 is 1.94 bits per heavy atom. The van der Waals surface area contributed by atoms with Crippen LogP contribution in [-0.2, 0) is 15.8 Å². The first kappa shape index (κ1) is 26.2. The van der Waals surface area contributed by atoms with Crippen molar-refractivity contribution in [3.05, 3.63) is 51.4 Å². The molecule has 3 amide bonds. The summed E-state index contributed by atoms with van der Waals surface area (Å²) in [6.45, 7) is 1.21. The standard InChI is InChI=1S/C22H18ClF3N2O6S/c1-3-34-16-7-11(6-13(23)19(16)30)8-17-20(31)28(21(32)35-17)10-18(29)27-14-9-12(22(24,25)26)4-5-15(14)33-2/h4-9,30H,3,10H2,1-2H3,(H,27,29)/b17-8-. The molecule has 0 unspecified atom stereocenters. The minimum absolute atomic E-state index is 0.0244. The van der Waals surface area contributed by atoms with Gasteiger partial charge in [-0.05, 0) is 60.7 Å². The lowest BCUT2D eigenvalue weighted by Crippen LogP contribution is -2.36. The number of phenolic OH excluding ortho intramolecular Hbond substituents is 1. The van der Waals surface area contributed by atoms with Crippen LogP contribution in [-0.4, -0.2) is 47.3 Å². The van der Waals surface area contributed by atoms with E-state index >= 15 is 0 Å². The summed E-state index contributed by atoms with van der Waals surface area (Å²) in [7, 11) is 1.21. The summed E-state index contributed by atoms with van der Waals surface area (Å²) in [6.07, 6.45) is -3.31. The highest BCUT2D eigenvalue weighted by molar-refractivity contribution is 8.18. The van der Waals surface area contributed by atoms with Crippen LogP contribution in [0.2, 0.25) is 5.02 Å². The molecule has 0 radical (unpaired) electrons. The highest BCUT2D eigenvalue weighted by Crippen LogP contribution is 2.38.